The van der Waals surface area contributed by atoms with Gasteiger partial charge in [0.25, 0.3) is 0 Å². The third kappa shape index (κ3) is 7.69. The van der Waals surface area contributed by atoms with Gasteiger partial charge in [0.05, 0.1) is 6.01 Å². The minimum atomic E-state index is 0.766. The molecule has 0 heterocycles. The van der Waals surface area contributed by atoms with Crippen molar-refractivity contribution in [3.63, 3.8) is 0 Å². The molecule has 0 aromatic rings. The second-order valence-electron chi connectivity index (χ2n) is 3.08. The summed E-state index contributed by atoms with van der Waals surface area (Å²) < 4.78 is 0. The van der Waals surface area contributed by atoms with Crippen LogP contribution in [0.1, 0.15) is 33.1 Å². The van der Waals surface area contributed by atoms with Crippen molar-refractivity contribution in [2.75, 3.05) is 26.2 Å². The number of unbranched alkanes of at least 4 members (excludes halogenated alkanes) is 2. The van der Waals surface area contributed by atoms with Gasteiger partial charge in [-0.05, 0) is 32.5 Å². The monoisotopic (exact) mass is 183 g/mol. The van der Waals surface area contributed by atoms with E-state index in [1.807, 2.05) is 0 Å². The van der Waals surface area contributed by atoms with Crippen molar-refractivity contribution >= 4 is 6.01 Å². The Labute approximate surface area is 81.4 Å². The van der Waals surface area contributed by atoms with Crippen LogP contribution < -0.4 is 0 Å². The lowest BCUT2D eigenvalue weighted by atomic mass is 10.2. The lowest BCUT2D eigenvalue weighted by Gasteiger charge is -2.17. The molecule has 3 heteroatoms. The number of nitrogens with zero attached hydrogens (tertiary/aromatic N) is 2. The summed E-state index contributed by atoms with van der Waals surface area (Å²) in [5, 5.41) is 6.59. The molecule has 0 unspecified atom stereocenters. The third-order valence-corrected chi connectivity index (χ3v) is 2.22. The summed E-state index contributed by atoms with van der Waals surface area (Å²) in [5.41, 5.74) is 0. The zero-order valence-electron chi connectivity index (χ0n) is 8.84. The Morgan fingerprint density at radius 3 is 2.38 bits per heavy atom. The molecule has 0 rings (SSSR count). The highest BCUT2D eigenvalue weighted by atomic mass is 15.1. The molecule has 0 amide bonds. The first-order chi connectivity index (χ1) is 6.35. The first kappa shape index (κ1) is 12.3. The van der Waals surface area contributed by atoms with E-state index in [0.29, 0.717) is 0 Å². The van der Waals surface area contributed by atoms with Crippen LogP contribution in [0.5, 0.6) is 0 Å². The zero-order chi connectivity index (χ0) is 9.94. The van der Waals surface area contributed by atoms with Gasteiger partial charge < -0.3 is 4.90 Å². The second kappa shape index (κ2) is 9.43. The molecule has 0 atom stereocenters. The van der Waals surface area contributed by atoms with Gasteiger partial charge in [0.15, 0.2) is 0 Å². The van der Waals surface area contributed by atoms with Crippen molar-refractivity contribution in [1.29, 1.82) is 5.41 Å². The molecule has 0 radical (unpaired) electrons. The summed E-state index contributed by atoms with van der Waals surface area (Å²) in [6.45, 7) is 8.65. The van der Waals surface area contributed by atoms with Gasteiger partial charge in [-0.2, -0.15) is 0 Å². The van der Waals surface area contributed by atoms with Gasteiger partial charge >= 0.3 is 0 Å². The van der Waals surface area contributed by atoms with Crippen molar-refractivity contribution in [2.24, 2.45) is 4.99 Å². The molecular formula is C10H21N3. The largest absolute Gasteiger partial charge is 0.304 e. The van der Waals surface area contributed by atoms with Crippen LogP contribution in [0, 0.1) is 5.41 Å². The van der Waals surface area contributed by atoms with Crippen LogP contribution in [0.15, 0.2) is 4.99 Å². The summed E-state index contributed by atoms with van der Waals surface area (Å²) >= 11 is 0. The quantitative estimate of drug-likeness (QED) is 0.455. The zero-order valence-corrected chi connectivity index (χ0v) is 8.84. The highest BCUT2D eigenvalue weighted by molar-refractivity contribution is 5.35. The molecule has 76 valence electrons. The van der Waals surface area contributed by atoms with Crippen LogP contribution in [0.2, 0.25) is 0 Å². The van der Waals surface area contributed by atoms with E-state index in [0.717, 1.165) is 26.1 Å². The maximum atomic E-state index is 6.59. The minimum Gasteiger partial charge on any atom is -0.304 e. The molecule has 0 saturated heterocycles. The Morgan fingerprint density at radius 2 is 1.85 bits per heavy atom. The summed E-state index contributed by atoms with van der Waals surface area (Å²) in [6, 6.07) is 2.05. The highest BCUT2D eigenvalue weighted by Gasteiger charge is 1.97. The smallest absolute Gasteiger partial charge is 0.0861 e. The van der Waals surface area contributed by atoms with Crippen molar-refractivity contribution in [1.82, 2.24) is 4.90 Å². The van der Waals surface area contributed by atoms with Gasteiger partial charge in [-0.15, -0.1) is 0 Å². The SMILES string of the molecule is CCN(CC)CCCCCN=C=N. The minimum absolute atomic E-state index is 0.766. The Bertz CT molecular complexity index is 146. The summed E-state index contributed by atoms with van der Waals surface area (Å²) in [4.78, 5) is 6.16. The van der Waals surface area contributed by atoms with Gasteiger partial charge in [0, 0.05) is 6.54 Å². The molecule has 0 aliphatic heterocycles. The van der Waals surface area contributed by atoms with E-state index in [2.05, 4.69) is 29.7 Å². The number of hydrogen-bond donors (Lipinski definition) is 1. The van der Waals surface area contributed by atoms with Crippen molar-refractivity contribution in [3.05, 3.63) is 0 Å². The lowest BCUT2D eigenvalue weighted by Crippen LogP contribution is -2.23. The lowest BCUT2D eigenvalue weighted by molar-refractivity contribution is 0.296. The van der Waals surface area contributed by atoms with Gasteiger partial charge in [0.1, 0.15) is 0 Å². The van der Waals surface area contributed by atoms with E-state index in [-0.39, 0.29) is 0 Å². The topological polar surface area (TPSA) is 39.5 Å². The normalized spacial score (nSPS) is 10.1. The van der Waals surface area contributed by atoms with Gasteiger partial charge in [-0.3, -0.25) is 0 Å². The molecule has 0 aromatic heterocycles. The molecule has 0 aromatic carbocycles. The molecule has 0 saturated carbocycles. The fourth-order valence-electron chi connectivity index (χ4n) is 1.30. The predicted molar refractivity (Wildman–Crippen MR) is 56.7 cm³/mol. The van der Waals surface area contributed by atoms with Crippen LogP contribution in [0.4, 0.5) is 0 Å². The number of hydrogen-bond acceptors (Lipinski definition) is 3. The second-order valence-corrected chi connectivity index (χ2v) is 3.08. The van der Waals surface area contributed by atoms with Gasteiger partial charge in [-0.25, -0.2) is 10.4 Å². The van der Waals surface area contributed by atoms with E-state index in [9.17, 15) is 0 Å². The summed E-state index contributed by atoms with van der Waals surface area (Å²) in [6.07, 6.45) is 3.55. The molecule has 3 nitrogen and oxygen atoms in total. The van der Waals surface area contributed by atoms with Crippen molar-refractivity contribution < 1.29 is 0 Å². The maximum Gasteiger partial charge on any atom is 0.0861 e. The Balaban J connectivity index is 3.18. The van der Waals surface area contributed by atoms with Crippen LogP contribution in [0.3, 0.4) is 0 Å². The average Bonchev–Trinajstić information content (AvgIpc) is 2.17. The van der Waals surface area contributed by atoms with E-state index in [1.165, 1.54) is 19.4 Å². The number of nitrogens with one attached hydrogen (secondary N) is 1. The molecular weight excluding hydrogens is 162 g/mol. The first-order valence-corrected chi connectivity index (χ1v) is 5.15. The van der Waals surface area contributed by atoms with Crippen molar-refractivity contribution in [3.8, 4) is 0 Å². The van der Waals surface area contributed by atoms with Crippen molar-refractivity contribution in [2.45, 2.75) is 33.1 Å². The van der Waals surface area contributed by atoms with E-state index in [1.54, 1.807) is 0 Å². The molecule has 0 spiro atoms. The third-order valence-electron chi connectivity index (χ3n) is 2.22. The standard InChI is InChI=1S/C10H21N3/c1-3-13(4-2)9-7-5-6-8-12-10-11/h11H,3-9H2,1-2H3. The molecule has 0 bridgehead atoms. The molecule has 0 aliphatic carbocycles. The maximum absolute atomic E-state index is 6.59. The van der Waals surface area contributed by atoms with E-state index < -0.39 is 0 Å². The molecule has 0 aliphatic rings. The van der Waals surface area contributed by atoms with E-state index in [4.69, 9.17) is 5.41 Å². The van der Waals surface area contributed by atoms with Crippen LogP contribution in [-0.4, -0.2) is 37.1 Å². The van der Waals surface area contributed by atoms with Gasteiger partial charge in [-0.1, -0.05) is 20.3 Å². The number of rotatable bonds is 8. The highest BCUT2D eigenvalue weighted by Crippen LogP contribution is 1.98. The first-order valence-electron chi connectivity index (χ1n) is 5.15. The summed E-state index contributed by atoms with van der Waals surface area (Å²) in [7, 11) is 0. The Hall–Kier alpha value is -0.660. The predicted octanol–water partition coefficient (Wildman–Crippen LogP) is 2.25. The Morgan fingerprint density at radius 1 is 1.15 bits per heavy atom. The van der Waals surface area contributed by atoms with Crippen LogP contribution in [-0.2, 0) is 0 Å². The van der Waals surface area contributed by atoms with Gasteiger partial charge in [0.2, 0.25) is 0 Å². The van der Waals surface area contributed by atoms with E-state index >= 15 is 0 Å². The van der Waals surface area contributed by atoms with Crippen LogP contribution in [0.25, 0.3) is 0 Å². The summed E-state index contributed by atoms with van der Waals surface area (Å²) in [5.74, 6) is 0. The van der Waals surface area contributed by atoms with Crippen LogP contribution >= 0.6 is 0 Å². The molecule has 0 fully saturated rings. The fourth-order valence-corrected chi connectivity index (χ4v) is 1.30. The number of aliphatic imine (C=N–C) groups is 1. The fraction of sp³-hybridized carbons (Fsp3) is 0.900. The average molecular weight is 183 g/mol. The Kier molecular flexibility index (Phi) is 8.95. The molecule has 1 N–H and O–H groups in total. The molecule has 13 heavy (non-hydrogen) atoms.